The molecule has 0 aliphatic heterocycles. The smallest absolute Gasteiger partial charge is 0.514 e. The van der Waals surface area contributed by atoms with Gasteiger partial charge in [0.05, 0.1) is 19.5 Å². The standard InChI is InChI=1S/C23H24N2O5.C2H6.U/c1-16(22(26)24-15-18-9-5-6-10-19(18)29-3)25(12-13-28-2)23(27)21-14-17-8-4-7-11-20(17)30-21;1-2;/h4-11,16H,1,12-13,15H2,2-3H3,(H,24,26);1-2H3;/q-2;;+2. The summed E-state index contributed by atoms with van der Waals surface area (Å²) in [6.45, 7) is 8.57. The number of methoxy groups -OCH3 is 2. The number of benzene rings is 2. The average molecular weight is 677 g/mol. The minimum Gasteiger partial charge on any atom is -0.514 e. The topological polar surface area (TPSA) is 81.0 Å². The predicted molar refractivity (Wildman–Crippen MR) is 123 cm³/mol. The number of nitrogens with one attached hydrogen (secondary N) is 1. The van der Waals surface area contributed by atoms with Crippen molar-refractivity contribution in [3.05, 3.63) is 72.8 Å². The first-order valence-corrected chi connectivity index (χ1v) is 10.5. The molecule has 0 fully saturated rings. The zero-order valence-electron chi connectivity index (χ0n) is 19.5. The zero-order valence-corrected chi connectivity index (χ0v) is 23.7. The molecule has 1 aromatic heterocycles. The maximum absolute atomic E-state index is 13.0. The molecule has 33 heavy (non-hydrogen) atoms. The largest absolute Gasteiger partial charge is 2.00 e. The third kappa shape index (κ3) is 7.63. The van der Waals surface area contributed by atoms with Crippen LogP contribution in [0.3, 0.4) is 0 Å². The zero-order chi connectivity index (χ0) is 23.5. The van der Waals surface area contributed by atoms with Gasteiger partial charge in [-0.3, -0.25) is 4.79 Å². The van der Waals surface area contributed by atoms with Crippen LogP contribution in [0.1, 0.15) is 30.0 Å². The van der Waals surface area contributed by atoms with Crippen LogP contribution in [0.2, 0.25) is 0 Å². The van der Waals surface area contributed by atoms with E-state index in [-0.39, 0.29) is 56.6 Å². The second-order valence-electron chi connectivity index (χ2n) is 6.59. The molecule has 0 aliphatic rings. The molecule has 3 rings (SSSR count). The number of hydrogen-bond acceptors (Lipinski definition) is 5. The second kappa shape index (κ2) is 14.8. The molecular formula is C25H30N2O5U. The van der Waals surface area contributed by atoms with Crippen LogP contribution in [-0.2, 0) is 16.1 Å². The molecule has 1 unspecified atom stereocenters. The molecular weight excluding hydrogens is 646 g/mol. The summed E-state index contributed by atoms with van der Waals surface area (Å²) in [5, 5.41) is 3.49. The van der Waals surface area contributed by atoms with E-state index < -0.39 is 17.9 Å². The molecule has 2 amide bonds. The van der Waals surface area contributed by atoms with Gasteiger partial charge in [-0.05, 0) is 12.1 Å². The summed E-state index contributed by atoms with van der Waals surface area (Å²) in [6.07, 6.45) is 0. The normalized spacial score (nSPS) is 10.9. The molecule has 0 aliphatic carbocycles. The molecule has 0 saturated heterocycles. The molecule has 0 bridgehead atoms. The molecule has 2 aromatic carbocycles. The van der Waals surface area contributed by atoms with E-state index >= 15 is 0 Å². The van der Waals surface area contributed by atoms with Gasteiger partial charge in [0.1, 0.15) is 5.75 Å². The van der Waals surface area contributed by atoms with Crippen LogP contribution >= 0.6 is 0 Å². The Morgan fingerprint density at radius 2 is 1.79 bits per heavy atom. The maximum Gasteiger partial charge on any atom is 2.00 e. The fourth-order valence-electron chi connectivity index (χ4n) is 3.02. The van der Waals surface area contributed by atoms with Crippen molar-refractivity contribution < 1.29 is 54.6 Å². The van der Waals surface area contributed by atoms with Crippen LogP contribution in [0.15, 0.2) is 52.9 Å². The number of rotatable bonds is 9. The molecule has 174 valence electrons. The van der Waals surface area contributed by atoms with Crippen molar-refractivity contribution in [2.24, 2.45) is 0 Å². The Balaban J connectivity index is 0.00000177. The summed E-state index contributed by atoms with van der Waals surface area (Å²) in [5.41, 5.74) is 1.37. The number of carbonyl (C=O) groups is 2. The number of nitrogens with zero attached hydrogens (tertiary/aromatic N) is 1. The Bertz CT molecular complexity index is 988. The summed E-state index contributed by atoms with van der Waals surface area (Å²) >= 11 is 0. The summed E-state index contributed by atoms with van der Waals surface area (Å²) in [4.78, 5) is 27.1. The Labute approximate surface area is 219 Å². The third-order valence-corrected chi connectivity index (χ3v) is 4.66. The van der Waals surface area contributed by atoms with Crippen molar-refractivity contribution >= 4 is 22.8 Å². The molecule has 0 spiro atoms. The van der Waals surface area contributed by atoms with Gasteiger partial charge in [0.2, 0.25) is 11.8 Å². The maximum atomic E-state index is 13.0. The van der Waals surface area contributed by atoms with Gasteiger partial charge >= 0.3 is 31.1 Å². The van der Waals surface area contributed by atoms with Crippen molar-refractivity contribution in [2.45, 2.75) is 26.4 Å². The second-order valence-corrected chi connectivity index (χ2v) is 6.59. The van der Waals surface area contributed by atoms with Crippen LogP contribution in [0.25, 0.3) is 11.0 Å². The van der Waals surface area contributed by atoms with Gasteiger partial charge in [0.25, 0.3) is 0 Å². The number of ether oxygens (including phenoxy) is 2. The van der Waals surface area contributed by atoms with E-state index in [1.165, 1.54) is 12.0 Å². The third-order valence-electron chi connectivity index (χ3n) is 4.66. The number of carbonyl (C=O) groups excluding carboxylic acids is 2. The molecule has 0 radical (unpaired) electrons. The molecule has 8 heteroatoms. The van der Waals surface area contributed by atoms with E-state index in [1.807, 2.05) is 50.2 Å². The fraction of sp³-hybridized carbons (Fsp3) is 0.320. The number of amides is 2. The van der Waals surface area contributed by atoms with E-state index in [0.29, 0.717) is 16.7 Å². The molecule has 7 nitrogen and oxygen atoms in total. The summed E-state index contributed by atoms with van der Waals surface area (Å²) in [5.74, 6) is -0.182. The van der Waals surface area contributed by atoms with E-state index in [2.05, 4.69) is 18.3 Å². The predicted octanol–water partition coefficient (Wildman–Crippen LogP) is 3.88. The first-order valence-electron chi connectivity index (χ1n) is 10.5. The first kappa shape index (κ1) is 28.8. The van der Waals surface area contributed by atoms with E-state index in [9.17, 15) is 9.59 Å². The Morgan fingerprint density at radius 1 is 1.12 bits per heavy atom. The minimum atomic E-state index is -0.982. The Morgan fingerprint density at radius 3 is 2.45 bits per heavy atom. The molecule has 1 N–H and O–H groups in total. The van der Waals surface area contributed by atoms with Crippen LogP contribution in [0.5, 0.6) is 5.75 Å². The summed E-state index contributed by atoms with van der Waals surface area (Å²) in [7, 11) is 3.09. The number of furan rings is 1. The van der Waals surface area contributed by atoms with Gasteiger partial charge in [-0.2, -0.15) is 0 Å². The number of hydrogen-bond donors (Lipinski definition) is 1. The monoisotopic (exact) mass is 676 g/mol. The van der Waals surface area contributed by atoms with Crippen molar-refractivity contribution in [3.63, 3.8) is 0 Å². The van der Waals surface area contributed by atoms with Crippen LogP contribution in [0.4, 0.5) is 0 Å². The van der Waals surface area contributed by atoms with Crippen molar-refractivity contribution in [1.29, 1.82) is 0 Å². The Kier molecular flexibility index (Phi) is 12.9. The molecule has 3 aromatic rings. The molecule has 1 heterocycles. The van der Waals surface area contributed by atoms with Gasteiger partial charge in [0, 0.05) is 31.3 Å². The van der Waals surface area contributed by atoms with E-state index in [1.54, 1.807) is 19.2 Å². The van der Waals surface area contributed by atoms with Gasteiger partial charge in [0.15, 0.2) is 0 Å². The van der Waals surface area contributed by atoms with Crippen LogP contribution in [0, 0.1) is 44.1 Å². The Hall–Kier alpha value is -2.27. The molecule has 1 atom stereocenters. The fourth-order valence-corrected chi connectivity index (χ4v) is 3.02. The number of para-hydroxylation sites is 2. The van der Waals surface area contributed by atoms with Crippen molar-refractivity contribution in [1.82, 2.24) is 10.2 Å². The van der Waals surface area contributed by atoms with Gasteiger partial charge in [-0.25, -0.2) is 0 Å². The minimum absolute atomic E-state index is 0. The summed E-state index contributed by atoms with van der Waals surface area (Å²) < 4.78 is 16.0. The van der Waals surface area contributed by atoms with Gasteiger partial charge in [-0.1, -0.05) is 50.2 Å². The summed E-state index contributed by atoms with van der Waals surface area (Å²) in [6, 6.07) is 16.5. The quantitative estimate of drug-likeness (QED) is 0.349. The SMILES string of the molecule is CC.[CH2-]C(C(=O)NCc1ccccc1OC)N(CCOC)C(=O)c1[c-]c2ccccc2o1.[U+2]. The van der Waals surface area contributed by atoms with Crippen molar-refractivity contribution in [3.8, 4) is 5.75 Å². The first-order chi connectivity index (χ1) is 15.5. The number of fused-ring (bicyclic) bond motifs is 1. The van der Waals surface area contributed by atoms with E-state index in [0.717, 1.165) is 5.56 Å². The van der Waals surface area contributed by atoms with Crippen LogP contribution < -0.4 is 10.1 Å². The van der Waals surface area contributed by atoms with Crippen LogP contribution in [-0.4, -0.2) is 50.1 Å². The average Bonchev–Trinajstić information content (AvgIpc) is 3.28. The molecule has 0 saturated carbocycles. The van der Waals surface area contributed by atoms with Crippen molar-refractivity contribution in [2.75, 3.05) is 27.4 Å². The van der Waals surface area contributed by atoms with E-state index in [4.69, 9.17) is 13.9 Å². The van der Waals surface area contributed by atoms with Gasteiger partial charge < -0.3 is 35.8 Å². The van der Waals surface area contributed by atoms with Gasteiger partial charge in [-0.15, -0.1) is 17.5 Å².